The molecule has 0 aliphatic carbocycles. The van der Waals surface area contributed by atoms with Gasteiger partial charge in [-0.05, 0) is 4.92 Å². The summed E-state index contributed by atoms with van der Waals surface area (Å²) in [6, 6.07) is 0. The van der Waals surface area contributed by atoms with Crippen molar-refractivity contribution in [3.63, 3.8) is 0 Å². The van der Waals surface area contributed by atoms with Crippen LogP contribution < -0.4 is 0 Å². The first-order valence-electron chi connectivity index (χ1n) is 7.38. The maximum Gasteiger partial charge on any atom is 0.410 e. The number of hydrogen-bond donors (Lipinski definition) is 0. The van der Waals surface area contributed by atoms with E-state index in [4.69, 9.17) is 18.9 Å². The normalized spacial score (nSPS) is 24.7. The average molecular weight is 372 g/mol. The van der Waals surface area contributed by atoms with Crippen molar-refractivity contribution in [3.05, 3.63) is 16.3 Å². The Labute approximate surface area is 146 Å². The number of nitro groups is 1. The van der Waals surface area contributed by atoms with Gasteiger partial charge in [-0.2, -0.15) is 4.68 Å². The van der Waals surface area contributed by atoms with Gasteiger partial charge in [0.15, 0.2) is 18.4 Å². The summed E-state index contributed by atoms with van der Waals surface area (Å²) in [6.07, 6.45) is -3.49. The molecule has 13 nitrogen and oxygen atoms in total. The van der Waals surface area contributed by atoms with E-state index in [2.05, 4.69) is 10.3 Å². The fourth-order valence-electron chi connectivity index (χ4n) is 2.38. The van der Waals surface area contributed by atoms with Crippen molar-refractivity contribution >= 4 is 23.7 Å². The summed E-state index contributed by atoms with van der Waals surface area (Å²) >= 11 is 0. The van der Waals surface area contributed by atoms with E-state index >= 15 is 0 Å². The molecule has 26 heavy (non-hydrogen) atoms. The SMILES string of the molecule is CC(=O)OC[C@H]1O[C@@H](n2cc([N+](=O)[O-])nn2)[C@H](OC(C)=O)[C@@H]1OC(C)=O. The van der Waals surface area contributed by atoms with Crippen molar-refractivity contribution in [2.24, 2.45) is 0 Å². The van der Waals surface area contributed by atoms with Crippen LogP contribution in [0.5, 0.6) is 0 Å². The second kappa shape index (κ2) is 7.86. The number of ether oxygens (including phenoxy) is 4. The Morgan fingerprint density at radius 2 is 1.81 bits per heavy atom. The Kier molecular flexibility index (Phi) is 5.82. The predicted octanol–water partition coefficient (Wildman–Crippen LogP) is -0.490. The number of nitrogens with zero attached hydrogens (tertiary/aromatic N) is 4. The van der Waals surface area contributed by atoms with Gasteiger partial charge >= 0.3 is 23.7 Å². The lowest BCUT2D eigenvalue weighted by molar-refractivity contribution is -0.389. The van der Waals surface area contributed by atoms with E-state index in [-0.39, 0.29) is 6.61 Å². The summed E-state index contributed by atoms with van der Waals surface area (Å²) in [5.41, 5.74) is 0. The molecule has 2 heterocycles. The third kappa shape index (κ3) is 4.50. The van der Waals surface area contributed by atoms with Crippen molar-refractivity contribution in [1.82, 2.24) is 15.0 Å². The molecular weight excluding hydrogens is 356 g/mol. The molecule has 0 bridgehead atoms. The van der Waals surface area contributed by atoms with Gasteiger partial charge in [0.1, 0.15) is 24.0 Å². The van der Waals surface area contributed by atoms with Gasteiger partial charge in [-0.1, -0.05) is 0 Å². The second-order valence-electron chi connectivity index (χ2n) is 5.33. The summed E-state index contributed by atoms with van der Waals surface area (Å²) in [4.78, 5) is 43.9. The molecule has 0 radical (unpaired) electrons. The number of hydrogen-bond acceptors (Lipinski definition) is 11. The molecule has 4 atom stereocenters. The molecule has 0 saturated carbocycles. The second-order valence-corrected chi connectivity index (χ2v) is 5.33. The number of esters is 3. The maximum atomic E-state index is 11.4. The lowest BCUT2D eigenvalue weighted by Crippen LogP contribution is -2.40. The Balaban J connectivity index is 2.33. The van der Waals surface area contributed by atoms with Crippen LogP contribution in [0.15, 0.2) is 6.20 Å². The molecule has 1 fully saturated rings. The molecule has 2 rings (SSSR count). The molecule has 0 amide bonds. The van der Waals surface area contributed by atoms with E-state index < -0.39 is 53.2 Å². The van der Waals surface area contributed by atoms with Crippen molar-refractivity contribution in [2.75, 3.05) is 6.61 Å². The lowest BCUT2D eigenvalue weighted by Gasteiger charge is -2.22. The highest BCUT2D eigenvalue weighted by molar-refractivity contribution is 5.67. The first kappa shape index (κ1) is 19.2. The van der Waals surface area contributed by atoms with E-state index in [0.29, 0.717) is 0 Å². The first-order valence-corrected chi connectivity index (χ1v) is 7.38. The lowest BCUT2D eigenvalue weighted by atomic mass is 10.1. The minimum absolute atomic E-state index is 0.293. The minimum Gasteiger partial charge on any atom is -0.463 e. The van der Waals surface area contributed by atoms with E-state index in [1.54, 1.807) is 0 Å². The Bertz CT molecular complexity index is 718. The summed E-state index contributed by atoms with van der Waals surface area (Å²) < 4.78 is 21.8. The zero-order chi connectivity index (χ0) is 19.4. The number of carbonyl (C=O) groups is 3. The Morgan fingerprint density at radius 3 is 2.31 bits per heavy atom. The quantitative estimate of drug-likeness (QED) is 0.274. The Morgan fingerprint density at radius 1 is 1.19 bits per heavy atom. The standard InChI is InChI=1S/C13H16N4O9/c1-6(18)23-5-9-11(24-7(2)19)12(25-8(3)20)13(26-9)16-4-10(14-15-16)17(21)22/h4,9,11-13H,5H2,1-3H3/t9-,11-,12-,13-/m1/s1. The molecular formula is C13H16N4O9. The molecule has 1 aromatic heterocycles. The van der Waals surface area contributed by atoms with Crippen LogP contribution in [0.4, 0.5) is 5.82 Å². The van der Waals surface area contributed by atoms with Crippen molar-refractivity contribution in [3.8, 4) is 0 Å². The molecule has 142 valence electrons. The fraction of sp³-hybridized carbons (Fsp3) is 0.615. The van der Waals surface area contributed by atoms with E-state index in [0.717, 1.165) is 24.7 Å². The van der Waals surface area contributed by atoms with E-state index in [1.165, 1.54) is 6.92 Å². The Hall–Kier alpha value is -3.09. The molecule has 13 heteroatoms. The molecule has 0 unspecified atom stereocenters. The summed E-state index contributed by atoms with van der Waals surface area (Å²) in [5.74, 6) is -2.54. The van der Waals surface area contributed by atoms with Gasteiger partial charge in [0.05, 0.1) is 5.21 Å². The zero-order valence-corrected chi connectivity index (χ0v) is 14.1. The van der Waals surface area contributed by atoms with Crippen molar-refractivity contribution in [1.29, 1.82) is 0 Å². The van der Waals surface area contributed by atoms with Crippen LogP contribution in [0.1, 0.15) is 27.0 Å². The van der Waals surface area contributed by atoms with Gasteiger partial charge in [0.2, 0.25) is 0 Å². The minimum atomic E-state index is -1.18. The van der Waals surface area contributed by atoms with Crippen molar-refractivity contribution < 1.29 is 38.3 Å². The maximum absolute atomic E-state index is 11.4. The van der Waals surface area contributed by atoms with E-state index in [1.807, 2.05) is 0 Å². The third-order valence-electron chi connectivity index (χ3n) is 3.29. The van der Waals surface area contributed by atoms with Crippen LogP contribution in [-0.4, -0.2) is 62.7 Å². The van der Waals surface area contributed by atoms with Gasteiger partial charge in [-0.25, -0.2) is 0 Å². The molecule has 1 aromatic rings. The van der Waals surface area contributed by atoms with Crippen LogP contribution >= 0.6 is 0 Å². The monoisotopic (exact) mass is 372 g/mol. The molecule has 0 N–H and O–H groups in total. The average Bonchev–Trinajstić information content (AvgIpc) is 3.11. The fourth-order valence-corrected chi connectivity index (χ4v) is 2.38. The van der Waals surface area contributed by atoms with Crippen molar-refractivity contribution in [2.45, 2.75) is 45.3 Å². The summed E-state index contributed by atoms with van der Waals surface area (Å²) in [6.45, 7) is 3.16. The topological polar surface area (TPSA) is 162 Å². The van der Waals surface area contributed by atoms with Crippen LogP contribution in [-0.2, 0) is 33.3 Å². The first-order chi connectivity index (χ1) is 12.2. The van der Waals surface area contributed by atoms with Crippen LogP contribution in [0.25, 0.3) is 0 Å². The van der Waals surface area contributed by atoms with Gasteiger partial charge < -0.3 is 29.1 Å². The highest BCUT2D eigenvalue weighted by atomic mass is 16.7. The summed E-state index contributed by atoms with van der Waals surface area (Å²) in [5, 5.41) is 17.7. The molecule has 1 saturated heterocycles. The molecule has 0 aromatic carbocycles. The number of rotatable bonds is 6. The van der Waals surface area contributed by atoms with Gasteiger partial charge in [-0.15, -0.1) is 0 Å². The number of carbonyl (C=O) groups excluding carboxylic acids is 3. The smallest absolute Gasteiger partial charge is 0.410 e. The van der Waals surface area contributed by atoms with Gasteiger partial charge in [0.25, 0.3) is 0 Å². The molecule has 1 aliphatic rings. The summed E-state index contributed by atoms with van der Waals surface area (Å²) in [7, 11) is 0. The largest absolute Gasteiger partial charge is 0.463 e. The highest BCUT2D eigenvalue weighted by Gasteiger charge is 2.51. The van der Waals surface area contributed by atoms with Crippen LogP contribution in [0.3, 0.4) is 0 Å². The number of aromatic nitrogens is 3. The highest BCUT2D eigenvalue weighted by Crippen LogP contribution is 2.34. The molecule has 1 aliphatic heterocycles. The van der Waals surface area contributed by atoms with Gasteiger partial charge in [-0.3, -0.25) is 14.4 Å². The van der Waals surface area contributed by atoms with E-state index in [9.17, 15) is 24.5 Å². The van der Waals surface area contributed by atoms with Crippen LogP contribution in [0.2, 0.25) is 0 Å². The third-order valence-corrected chi connectivity index (χ3v) is 3.29. The van der Waals surface area contributed by atoms with Crippen LogP contribution in [0, 0.1) is 10.1 Å². The predicted molar refractivity (Wildman–Crippen MR) is 78.3 cm³/mol. The van der Waals surface area contributed by atoms with Gasteiger partial charge in [0, 0.05) is 20.8 Å². The molecule has 0 spiro atoms. The zero-order valence-electron chi connectivity index (χ0n) is 14.1.